The van der Waals surface area contributed by atoms with E-state index in [4.69, 9.17) is 0 Å². The number of hydrogen-bond donors (Lipinski definition) is 1. The molecule has 0 radical (unpaired) electrons. The molecule has 0 aromatic heterocycles. The van der Waals surface area contributed by atoms with E-state index >= 15 is 0 Å². The van der Waals surface area contributed by atoms with Crippen LogP contribution in [0, 0.1) is 12.7 Å². The molecule has 1 saturated heterocycles. The zero-order valence-corrected chi connectivity index (χ0v) is 19.3. The first kappa shape index (κ1) is 22.2. The fourth-order valence-electron chi connectivity index (χ4n) is 4.46. The molecule has 0 saturated carbocycles. The van der Waals surface area contributed by atoms with Crippen LogP contribution in [0.3, 0.4) is 0 Å². The van der Waals surface area contributed by atoms with Crippen LogP contribution in [0.1, 0.15) is 16.7 Å². The molecular weight excluding hydrogens is 453 g/mol. The van der Waals surface area contributed by atoms with Gasteiger partial charge in [-0.05, 0) is 42.8 Å². The van der Waals surface area contributed by atoms with Crippen LogP contribution in [-0.2, 0) is 25.8 Å². The molecule has 1 spiro atoms. The number of aryl methyl sites for hydroxylation is 1. The average molecular weight is 476 g/mol. The number of rotatable bonds is 5. The molecule has 2 heterocycles. The van der Waals surface area contributed by atoms with Gasteiger partial charge in [-0.25, -0.2) is 4.39 Å². The van der Waals surface area contributed by atoms with Crippen molar-refractivity contribution in [1.82, 2.24) is 5.32 Å². The first-order chi connectivity index (χ1) is 16.4. The van der Waals surface area contributed by atoms with Gasteiger partial charge in [-0.3, -0.25) is 24.2 Å². The Kier molecular flexibility index (Phi) is 5.61. The second-order valence-electron chi connectivity index (χ2n) is 8.31. The van der Waals surface area contributed by atoms with Gasteiger partial charge >= 0.3 is 0 Å². The van der Waals surface area contributed by atoms with Crippen molar-refractivity contribution in [2.24, 2.45) is 0 Å². The molecular formula is C26H22FN3O3S. The van der Waals surface area contributed by atoms with Crippen molar-refractivity contribution < 1.29 is 18.8 Å². The van der Waals surface area contributed by atoms with Gasteiger partial charge in [0.2, 0.25) is 16.7 Å². The number of nitrogens with zero attached hydrogens (tertiary/aromatic N) is 2. The van der Waals surface area contributed by atoms with E-state index in [-0.39, 0.29) is 30.0 Å². The van der Waals surface area contributed by atoms with E-state index in [0.29, 0.717) is 23.5 Å². The Morgan fingerprint density at radius 3 is 2.53 bits per heavy atom. The molecule has 3 amide bonds. The number of hydrogen-bond acceptors (Lipinski definition) is 4. The minimum Gasteiger partial charge on any atom is -0.350 e. The zero-order valence-electron chi connectivity index (χ0n) is 18.5. The lowest BCUT2D eigenvalue weighted by Crippen LogP contribution is -2.51. The molecule has 2 aliphatic heterocycles. The summed E-state index contributed by atoms with van der Waals surface area (Å²) in [6.45, 7) is 2.09. The third-order valence-corrected chi connectivity index (χ3v) is 7.42. The lowest BCUT2D eigenvalue weighted by Gasteiger charge is -2.33. The molecule has 3 aromatic carbocycles. The molecule has 172 valence electrons. The highest BCUT2D eigenvalue weighted by atomic mass is 32.2. The van der Waals surface area contributed by atoms with Gasteiger partial charge in [-0.1, -0.05) is 48.0 Å². The summed E-state index contributed by atoms with van der Waals surface area (Å²) in [5, 5.41) is 2.86. The van der Waals surface area contributed by atoms with E-state index in [9.17, 15) is 18.8 Å². The van der Waals surface area contributed by atoms with Gasteiger partial charge in [-0.15, -0.1) is 11.8 Å². The first-order valence-corrected chi connectivity index (χ1v) is 11.8. The van der Waals surface area contributed by atoms with E-state index < -0.39 is 10.7 Å². The van der Waals surface area contributed by atoms with Gasteiger partial charge in [0.15, 0.2) is 0 Å². The summed E-state index contributed by atoms with van der Waals surface area (Å²) in [4.78, 5) is 41.3. The molecule has 1 fully saturated rings. The Bertz CT molecular complexity index is 1280. The minimum absolute atomic E-state index is 0.102. The highest BCUT2D eigenvalue weighted by molar-refractivity contribution is 8.02. The third-order valence-electron chi connectivity index (χ3n) is 6.03. The maximum Gasteiger partial charge on any atom is 0.269 e. The summed E-state index contributed by atoms with van der Waals surface area (Å²) in [5.41, 5.74) is 3.58. The maximum atomic E-state index is 14.0. The largest absolute Gasteiger partial charge is 0.350 e. The maximum absolute atomic E-state index is 14.0. The molecule has 3 aromatic rings. The molecule has 0 bridgehead atoms. The molecule has 2 aliphatic rings. The van der Waals surface area contributed by atoms with E-state index in [1.807, 2.05) is 55.5 Å². The fourth-order valence-corrected chi connectivity index (χ4v) is 5.81. The van der Waals surface area contributed by atoms with Crippen LogP contribution >= 0.6 is 11.8 Å². The summed E-state index contributed by atoms with van der Waals surface area (Å²) in [5.74, 6) is -1.23. The second-order valence-corrected chi connectivity index (χ2v) is 9.48. The number of amides is 3. The van der Waals surface area contributed by atoms with Crippen molar-refractivity contribution >= 4 is 40.9 Å². The van der Waals surface area contributed by atoms with E-state index in [0.717, 1.165) is 11.1 Å². The zero-order chi connectivity index (χ0) is 23.9. The third kappa shape index (κ3) is 3.64. The van der Waals surface area contributed by atoms with Crippen LogP contribution in [0.2, 0.25) is 0 Å². The van der Waals surface area contributed by atoms with Crippen molar-refractivity contribution in [3.63, 3.8) is 0 Å². The van der Waals surface area contributed by atoms with Crippen molar-refractivity contribution in [2.45, 2.75) is 18.3 Å². The Labute approximate surface area is 200 Å². The molecule has 6 nitrogen and oxygen atoms in total. The average Bonchev–Trinajstić information content (AvgIpc) is 3.29. The molecule has 1 N–H and O–H groups in total. The summed E-state index contributed by atoms with van der Waals surface area (Å²) in [7, 11) is 0. The van der Waals surface area contributed by atoms with Crippen LogP contribution in [0.4, 0.5) is 15.8 Å². The lowest BCUT2D eigenvalue weighted by atomic mass is 10.0. The number of anilines is 2. The van der Waals surface area contributed by atoms with Gasteiger partial charge in [-0.2, -0.15) is 0 Å². The summed E-state index contributed by atoms with van der Waals surface area (Å²) >= 11 is 1.23. The number of carbonyl (C=O) groups excluding carboxylic acids is 3. The molecule has 0 unspecified atom stereocenters. The lowest BCUT2D eigenvalue weighted by molar-refractivity contribution is -0.125. The smallest absolute Gasteiger partial charge is 0.269 e. The fraction of sp³-hybridized carbons (Fsp3) is 0.192. The highest BCUT2D eigenvalue weighted by Crippen LogP contribution is 2.55. The van der Waals surface area contributed by atoms with Crippen LogP contribution in [-0.4, -0.2) is 30.0 Å². The van der Waals surface area contributed by atoms with Crippen molar-refractivity contribution in [2.75, 3.05) is 22.1 Å². The normalized spacial score (nSPS) is 19.1. The minimum atomic E-state index is -1.34. The summed E-state index contributed by atoms with van der Waals surface area (Å²) < 4.78 is 13.6. The number of carbonyl (C=O) groups is 3. The Morgan fingerprint density at radius 1 is 1.06 bits per heavy atom. The predicted molar refractivity (Wildman–Crippen MR) is 130 cm³/mol. The SMILES string of the molecule is Cc1ccc2c(c1)[C@]1(SCC(=O)N1c1ccc(F)cc1)C(=O)N2CC(=O)NCc1ccccc1. The number of fused-ring (bicyclic) bond motifs is 2. The van der Waals surface area contributed by atoms with Gasteiger partial charge < -0.3 is 5.32 Å². The number of halogens is 1. The Balaban J connectivity index is 1.49. The van der Waals surface area contributed by atoms with Crippen molar-refractivity contribution in [3.8, 4) is 0 Å². The number of thioether (sulfide) groups is 1. The van der Waals surface area contributed by atoms with Crippen LogP contribution in [0.15, 0.2) is 72.8 Å². The van der Waals surface area contributed by atoms with Gasteiger partial charge in [0.25, 0.3) is 5.91 Å². The number of benzene rings is 3. The highest BCUT2D eigenvalue weighted by Gasteiger charge is 2.61. The van der Waals surface area contributed by atoms with Crippen molar-refractivity contribution in [1.29, 1.82) is 0 Å². The van der Waals surface area contributed by atoms with E-state index in [1.165, 1.54) is 45.8 Å². The molecule has 5 rings (SSSR count). The van der Waals surface area contributed by atoms with Gasteiger partial charge in [0, 0.05) is 17.8 Å². The molecule has 0 aliphatic carbocycles. The standard InChI is InChI=1S/C26H22FN3O3S/c1-17-7-12-22-21(13-17)26(30(24(32)16-34-26)20-10-8-19(27)9-11-20)25(33)29(22)15-23(31)28-14-18-5-3-2-4-6-18/h2-13H,14-16H2,1H3,(H,28,31)/t26-/m0/s1. The van der Waals surface area contributed by atoms with Gasteiger partial charge in [0.05, 0.1) is 11.4 Å². The van der Waals surface area contributed by atoms with Crippen LogP contribution in [0.25, 0.3) is 0 Å². The topological polar surface area (TPSA) is 69.7 Å². The molecule has 8 heteroatoms. The monoisotopic (exact) mass is 475 g/mol. The number of nitrogens with one attached hydrogen (secondary N) is 1. The molecule has 1 atom stereocenters. The summed E-state index contributed by atoms with van der Waals surface area (Å²) in [6, 6.07) is 20.6. The second kappa shape index (κ2) is 8.61. The quantitative estimate of drug-likeness (QED) is 0.611. The predicted octanol–water partition coefficient (Wildman–Crippen LogP) is 3.73. The first-order valence-electron chi connectivity index (χ1n) is 10.9. The molecule has 34 heavy (non-hydrogen) atoms. The van der Waals surface area contributed by atoms with E-state index in [1.54, 1.807) is 0 Å². The van der Waals surface area contributed by atoms with Gasteiger partial charge in [0.1, 0.15) is 12.4 Å². The Hall–Kier alpha value is -3.65. The summed E-state index contributed by atoms with van der Waals surface area (Å²) in [6.07, 6.45) is 0. The van der Waals surface area contributed by atoms with Crippen LogP contribution < -0.4 is 15.1 Å². The van der Waals surface area contributed by atoms with Crippen molar-refractivity contribution in [3.05, 3.63) is 95.3 Å². The van der Waals surface area contributed by atoms with E-state index in [2.05, 4.69) is 5.32 Å². The Morgan fingerprint density at radius 2 is 1.79 bits per heavy atom. The van der Waals surface area contributed by atoms with Crippen LogP contribution in [0.5, 0.6) is 0 Å².